The van der Waals surface area contributed by atoms with Gasteiger partial charge in [0.25, 0.3) is 0 Å². The van der Waals surface area contributed by atoms with Crippen LogP contribution in [0.2, 0.25) is 0 Å². The number of sulfonamides is 1. The molecule has 6 nitrogen and oxygen atoms in total. The van der Waals surface area contributed by atoms with Gasteiger partial charge in [0.1, 0.15) is 0 Å². The molecule has 160 valence electrons. The van der Waals surface area contributed by atoms with Gasteiger partial charge in [0, 0.05) is 36.9 Å². The van der Waals surface area contributed by atoms with Crippen molar-refractivity contribution >= 4 is 33.4 Å². The molecule has 0 aromatic heterocycles. The van der Waals surface area contributed by atoms with Crippen LogP contribution in [0.15, 0.2) is 60.0 Å². The molecule has 0 unspecified atom stereocenters. The molecule has 1 aliphatic heterocycles. The summed E-state index contributed by atoms with van der Waals surface area (Å²) in [6.45, 7) is 1.87. The minimum atomic E-state index is -3.69. The molecule has 1 amide bonds. The first kappa shape index (κ1) is 22.1. The topological polar surface area (TPSA) is 69.7 Å². The van der Waals surface area contributed by atoms with E-state index in [0.717, 1.165) is 34.1 Å². The summed E-state index contributed by atoms with van der Waals surface area (Å²) in [7, 11) is -2.29. The molecule has 0 bridgehead atoms. The fourth-order valence-corrected chi connectivity index (χ4v) is 4.24. The zero-order chi connectivity index (χ0) is 21.4. The van der Waals surface area contributed by atoms with Crippen molar-refractivity contribution in [2.45, 2.75) is 25.7 Å². The Morgan fingerprint density at radius 1 is 1.00 bits per heavy atom. The molecule has 1 fully saturated rings. The molecular weight excluding hydrogens is 398 g/mol. The zero-order valence-corrected chi connectivity index (χ0v) is 18.1. The second kappa shape index (κ2) is 10.4. The summed E-state index contributed by atoms with van der Waals surface area (Å²) >= 11 is 0. The van der Waals surface area contributed by atoms with Crippen molar-refractivity contribution in [3.63, 3.8) is 0 Å². The molecule has 7 heteroatoms. The van der Waals surface area contributed by atoms with Crippen molar-refractivity contribution < 1.29 is 13.2 Å². The lowest BCUT2D eigenvalue weighted by atomic mass is 10.2. The van der Waals surface area contributed by atoms with Gasteiger partial charge in [-0.25, -0.2) is 8.42 Å². The third kappa shape index (κ3) is 6.43. The lowest BCUT2D eigenvalue weighted by Crippen LogP contribution is -2.33. The Hall–Kier alpha value is -2.64. The second-order valence-corrected chi connectivity index (χ2v) is 9.44. The van der Waals surface area contributed by atoms with E-state index in [1.807, 2.05) is 54.6 Å². The normalized spacial score (nSPS) is 15.3. The highest BCUT2D eigenvalue weighted by atomic mass is 32.2. The predicted octanol–water partition coefficient (Wildman–Crippen LogP) is 3.94. The maximum absolute atomic E-state index is 12.4. The van der Waals surface area contributed by atoms with Gasteiger partial charge in [-0.1, -0.05) is 43.2 Å². The van der Waals surface area contributed by atoms with Gasteiger partial charge in [-0.3, -0.25) is 4.79 Å². The van der Waals surface area contributed by atoms with Gasteiger partial charge in [0.05, 0.1) is 6.54 Å². The number of hydrogen-bond donors (Lipinski definition) is 1. The highest BCUT2D eigenvalue weighted by Gasteiger charge is 2.18. The third-order valence-corrected chi connectivity index (χ3v) is 6.63. The van der Waals surface area contributed by atoms with Crippen molar-refractivity contribution in [1.82, 2.24) is 4.31 Å². The van der Waals surface area contributed by atoms with E-state index < -0.39 is 10.0 Å². The second-order valence-electron chi connectivity index (χ2n) is 7.51. The zero-order valence-electron chi connectivity index (χ0n) is 17.3. The highest BCUT2D eigenvalue weighted by Crippen LogP contribution is 2.21. The Kier molecular flexibility index (Phi) is 7.65. The molecule has 3 rings (SSSR count). The Morgan fingerprint density at radius 3 is 2.27 bits per heavy atom. The van der Waals surface area contributed by atoms with Gasteiger partial charge in [0.2, 0.25) is 15.9 Å². The fraction of sp³-hybridized carbons (Fsp3) is 0.348. The van der Waals surface area contributed by atoms with Gasteiger partial charge in [-0.15, -0.1) is 0 Å². The highest BCUT2D eigenvalue weighted by molar-refractivity contribution is 7.92. The van der Waals surface area contributed by atoms with E-state index in [2.05, 4.69) is 10.2 Å². The van der Waals surface area contributed by atoms with E-state index in [-0.39, 0.29) is 12.5 Å². The van der Waals surface area contributed by atoms with Crippen molar-refractivity contribution in [3.8, 4) is 0 Å². The van der Waals surface area contributed by atoms with Crippen molar-refractivity contribution in [2.24, 2.45) is 0 Å². The van der Waals surface area contributed by atoms with Crippen molar-refractivity contribution in [2.75, 3.05) is 36.9 Å². The van der Waals surface area contributed by atoms with Crippen LogP contribution in [0.3, 0.4) is 0 Å². The quantitative estimate of drug-likeness (QED) is 0.727. The van der Waals surface area contributed by atoms with E-state index in [4.69, 9.17) is 0 Å². The smallest absolute Gasteiger partial charge is 0.239 e. The minimum Gasteiger partial charge on any atom is -0.372 e. The van der Waals surface area contributed by atoms with Crippen molar-refractivity contribution in [1.29, 1.82) is 0 Å². The number of benzene rings is 2. The first-order chi connectivity index (χ1) is 14.4. The largest absolute Gasteiger partial charge is 0.372 e. The molecule has 2 aromatic rings. The Balaban J connectivity index is 1.54. The number of rotatable bonds is 7. The predicted molar refractivity (Wildman–Crippen MR) is 123 cm³/mol. The Morgan fingerprint density at radius 2 is 1.63 bits per heavy atom. The molecule has 0 spiro atoms. The number of nitrogens with one attached hydrogen (secondary N) is 1. The van der Waals surface area contributed by atoms with Gasteiger partial charge in [-0.2, -0.15) is 4.31 Å². The van der Waals surface area contributed by atoms with Crippen LogP contribution in [-0.4, -0.2) is 45.3 Å². The number of anilines is 2. The summed E-state index contributed by atoms with van der Waals surface area (Å²) in [6.07, 6.45) is 6.49. The van der Waals surface area contributed by atoms with Crippen LogP contribution in [0, 0.1) is 0 Å². The molecule has 1 aliphatic rings. The van der Waals surface area contributed by atoms with Crippen LogP contribution in [0.5, 0.6) is 0 Å². The van der Waals surface area contributed by atoms with Crippen LogP contribution in [0.25, 0.3) is 6.08 Å². The molecule has 2 aromatic carbocycles. The van der Waals surface area contributed by atoms with Gasteiger partial charge in [0.15, 0.2) is 0 Å². The number of nitrogens with zero attached hydrogens (tertiary/aromatic N) is 2. The van der Waals surface area contributed by atoms with E-state index in [0.29, 0.717) is 5.69 Å². The fourth-order valence-electron chi connectivity index (χ4n) is 3.41. The first-order valence-electron chi connectivity index (χ1n) is 10.3. The molecule has 0 saturated carbocycles. The SMILES string of the molecule is CN(CC(=O)Nc1ccc(N2CCCCCC2)cc1)S(=O)(=O)/C=C/c1ccccc1. The number of likely N-dealkylation sites (N-methyl/N-ethyl adjacent to an activating group) is 1. The summed E-state index contributed by atoms with van der Waals surface area (Å²) in [4.78, 5) is 14.7. The Labute approximate surface area is 179 Å². The number of hydrogen-bond acceptors (Lipinski definition) is 4. The van der Waals surface area contributed by atoms with Gasteiger partial charge < -0.3 is 10.2 Å². The molecule has 0 aliphatic carbocycles. The van der Waals surface area contributed by atoms with E-state index >= 15 is 0 Å². The summed E-state index contributed by atoms with van der Waals surface area (Å²) in [5.74, 6) is -0.378. The van der Waals surface area contributed by atoms with E-state index in [1.165, 1.54) is 38.8 Å². The minimum absolute atomic E-state index is 0.255. The summed E-state index contributed by atoms with van der Waals surface area (Å²) < 4.78 is 25.8. The molecule has 30 heavy (non-hydrogen) atoms. The lowest BCUT2D eigenvalue weighted by molar-refractivity contribution is -0.116. The third-order valence-electron chi connectivity index (χ3n) is 5.16. The maximum Gasteiger partial charge on any atom is 0.239 e. The number of carbonyl (C=O) groups excluding carboxylic acids is 1. The first-order valence-corrected chi connectivity index (χ1v) is 11.8. The van der Waals surface area contributed by atoms with Gasteiger partial charge in [-0.05, 0) is 48.7 Å². The molecular formula is C23H29N3O3S. The number of amides is 1. The van der Waals surface area contributed by atoms with Crippen LogP contribution < -0.4 is 10.2 Å². The van der Waals surface area contributed by atoms with Crippen molar-refractivity contribution in [3.05, 3.63) is 65.6 Å². The summed E-state index contributed by atoms with van der Waals surface area (Å²) in [6, 6.07) is 16.9. The standard InChI is InChI=1S/C23H29N3O3S/c1-25(30(28,29)18-15-20-9-5-4-6-10-20)19-23(27)24-21-11-13-22(14-12-21)26-16-7-2-3-8-17-26/h4-6,9-15,18H,2-3,7-8,16-17,19H2,1H3,(H,24,27)/b18-15+. The molecule has 0 radical (unpaired) electrons. The molecule has 1 N–H and O–H groups in total. The maximum atomic E-state index is 12.4. The monoisotopic (exact) mass is 427 g/mol. The Bertz CT molecular complexity index is 949. The summed E-state index contributed by atoms with van der Waals surface area (Å²) in [5.41, 5.74) is 2.59. The molecule has 1 saturated heterocycles. The molecule has 1 heterocycles. The van der Waals surface area contributed by atoms with Crippen LogP contribution in [-0.2, 0) is 14.8 Å². The van der Waals surface area contributed by atoms with E-state index in [9.17, 15) is 13.2 Å². The van der Waals surface area contributed by atoms with Crippen LogP contribution in [0.1, 0.15) is 31.2 Å². The van der Waals surface area contributed by atoms with E-state index in [1.54, 1.807) is 0 Å². The average molecular weight is 428 g/mol. The van der Waals surface area contributed by atoms with Crippen LogP contribution >= 0.6 is 0 Å². The lowest BCUT2D eigenvalue weighted by Gasteiger charge is -2.23. The number of carbonyl (C=O) groups is 1. The summed E-state index contributed by atoms with van der Waals surface area (Å²) in [5, 5.41) is 3.89. The average Bonchev–Trinajstić information content (AvgIpc) is 3.03. The van der Waals surface area contributed by atoms with Gasteiger partial charge >= 0.3 is 0 Å². The molecule has 0 atom stereocenters. The van der Waals surface area contributed by atoms with Crippen LogP contribution in [0.4, 0.5) is 11.4 Å².